The van der Waals surface area contributed by atoms with Gasteiger partial charge in [-0.15, -0.1) is 0 Å². The average Bonchev–Trinajstić information content (AvgIpc) is 2.81. The molecule has 2 saturated heterocycles. The maximum Gasteiger partial charge on any atom is 0.225 e. The van der Waals surface area contributed by atoms with Crippen molar-refractivity contribution in [2.75, 3.05) is 18.0 Å². The molecule has 3 rings (SSSR count). The van der Waals surface area contributed by atoms with Gasteiger partial charge < -0.3 is 15.3 Å². The van der Waals surface area contributed by atoms with Crippen molar-refractivity contribution in [2.24, 2.45) is 5.92 Å². The Morgan fingerprint density at radius 1 is 1.50 bits per heavy atom. The SMILES string of the molecule is C[C@@H](O)c1ccc(N2CCCC3C(=O)NCC32)c(Cl)c1. The second-order valence-corrected chi connectivity index (χ2v) is 6.05. The van der Waals surface area contributed by atoms with Gasteiger partial charge in [0.25, 0.3) is 0 Å². The third-order valence-electron chi connectivity index (χ3n) is 4.36. The molecule has 2 unspecified atom stereocenters. The second-order valence-electron chi connectivity index (χ2n) is 5.64. The second kappa shape index (κ2) is 5.26. The van der Waals surface area contributed by atoms with Crippen LogP contribution in [0.25, 0.3) is 0 Å². The number of piperidine rings is 1. The van der Waals surface area contributed by atoms with Crippen LogP contribution in [0.15, 0.2) is 18.2 Å². The third-order valence-corrected chi connectivity index (χ3v) is 4.67. The van der Waals surface area contributed by atoms with Crippen molar-refractivity contribution in [3.63, 3.8) is 0 Å². The summed E-state index contributed by atoms with van der Waals surface area (Å²) >= 11 is 6.38. The van der Waals surface area contributed by atoms with E-state index in [0.29, 0.717) is 11.6 Å². The highest BCUT2D eigenvalue weighted by molar-refractivity contribution is 6.33. The predicted octanol–water partition coefficient (Wildman–Crippen LogP) is 2.11. The highest BCUT2D eigenvalue weighted by atomic mass is 35.5. The number of halogens is 1. The van der Waals surface area contributed by atoms with Gasteiger partial charge >= 0.3 is 0 Å². The molecule has 2 heterocycles. The molecule has 5 heteroatoms. The monoisotopic (exact) mass is 294 g/mol. The number of nitrogens with one attached hydrogen (secondary N) is 1. The van der Waals surface area contributed by atoms with E-state index in [0.717, 1.165) is 30.6 Å². The van der Waals surface area contributed by atoms with Crippen LogP contribution < -0.4 is 10.2 Å². The molecule has 0 saturated carbocycles. The molecule has 4 nitrogen and oxygen atoms in total. The van der Waals surface area contributed by atoms with E-state index < -0.39 is 6.10 Å². The lowest BCUT2D eigenvalue weighted by Gasteiger charge is -2.38. The number of fused-ring (bicyclic) bond motifs is 1. The fraction of sp³-hybridized carbons (Fsp3) is 0.533. The van der Waals surface area contributed by atoms with Gasteiger partial charge in [-0.25, -0.2) is 0 Å². The van der Waals surface area contributed by atoms with Crippen molar-refractivity contribution in [3.8, 4) is 0 Å². The molecule has 2 aliphatic rings. The van der Waals surface area contributed by atoms with E-state index in [-0.39, 0.29) is 17.9 Å². The molecule has 1 aromatic carbocycles. The molecule has 108 valence electrons. The van der Waals surface area contributed by atoms with Crippen molar-refractivity contribution in [1.82, 2.24) is 5.32 Å². The van der Waals surface area contributed by atoms with E-state index in [2.05, 4.69) is 10.2 Å². The fourth-order valence-corrected chi connectivity index (χ4v) is 3.56. The van der Waals surface area contributed by atoms with E-state index >= 15 is 0 Å². The first-order valence-corrected chi connectivity index (χ1v) is 7.47. The zero-order chi connectivity index (χ0) is 14.3. The normalized spacial score (nSPS) is 27.1. The lowest BCUT2D eigenvalue weighted by atomic mass is 9.91. The molecular formula is C15H19ClN2O2. The van der Waals surface area contributed by atoms with Crippen LogP contribution in [0.2, 0.25) is 5.02 Å². The average molecular weight is 295 g/mol. The number of amides is 1. The summed E-state index contributed by atoms with van der Waals surface area (Å²) in [6.45, 7) is 3.34. The minimum Gasteiger partial charge on any atom is -0.389 e. The van der Waals surface area contributed by atoms with E-state index in [1.165, 1.54) is 0 Å². The maximum atomic E-state index is 11.8. The van der Waals surface area contributed by atoms with Gasteiger partial charge in [-0.3, -0.25) is 4.79 Å². The largest absolute Gasteiger partial charge is 0.389 e. The molecule has 2 fully saturated rings. The Bertz CT molecular complexity index is 533. The van der Waals surface area contributed by atoms with Gasteiger partial charge in [0.2, 0.25) is 5.91 Å². The minimum atomic E-state index is -0.523. The number of carbonyl (C=O) groups is 1. The summed E-state index contributed by atoms with van der Waals surface area (Å²) in [5.41, 5.74) is 1.77. The molecule has 0 aliphatic carbocycles. The lowest BCUT2D eigenvalue weighted by Crippen LogP contribution is -2.45. The van der Waals surface area contributed by atoms with Crippen LogP contribution in [0.3, 0.4) is 0 Å². The standard InChI is InChI=1S/C15H19ClN2O2/c1-9(19)10-4-5-13(12(16)7-10)18-6-2-3-11-14(18)8-17-15(11)20/h4-5,7,9,11,14,19H,2-3,6,8H2,1H3,(H,17,20)/t9-,11?,14?/m1/s1. The van der Waals surface area contributed by atoms with E-state index in [1.807, 2.05) is 18.2 Å². The Labute approximate surface area is 123 Å². The van der Waals surface area contributed by atoms with Gasteiger partial charge in [-0.2, -0.15) is 0 Å². The van der Waals surface area contributed by atoms with Crippen LogP contribution in [0.4, 0.5) is 5.69 Å². The van der Waals surface area contributed by atoms with Crippen LogP contribution in [0, 0.1) is 5.92 Å². The molecular weight excluding hydrogens is 276 g/mol. The van der Waals surface area contributed by atoms with E-state index in [4.69, 9.17) is 11.6 Å². The summed E-state index contributed by atoms with van der Waals surface area (Å²) in [5, 5.41) is 13.2. The number of anilines is 1. The van der Waals surface area contributed by atoms with Gasteiger partial charge in [-0.1, -0.05) is 17.7 Å². The summed E-state index contributed by atoms with van der Waals surface area (Å²) in [4.78, 5) is 14.0. The molecule has 0 radical (unpaired) electrons. The number of carbonyl (C=O) groups excluding carboxylic acids is 1. The number of benzene rings is 1. The highest BCUT2D eigenvalue weighted by Crippen LogP contribution is 2.36. The summed E-state index contributed by atoms with van der Waals surface area (Å²) in [6.07, 6.45) is 1.43. The smallest absolute Gasteiger partial charge is 0.225 e. The van der Waals surface area contributed by atoms with Crippen LogP contribution in [-0.2, 0) is 4.79 Å². The summed E-state index contributed by atoms with van der Waals surface area (Å²) < 4.78 is 0. The van der Waals surface area contributed by atoms with Gasteiger partial charge in [-0.05, 0) is 37.5 Å². The molecule has 0 aromatic heterocycles. The van der Waals surface area contributed by atoms with Crippen molar-refractivity contribution >= 4 is 23.2 Å². The molecule has 0 bridgehead atoms. The molecule has 0 spiro atoms. The minimum absolute atomic E-state index is 0.0799. The van der Waals surface area contributed by atoms with Crippen LogP contribution in [0.5, 0.6) is 0 Å². The Hall–Kier alpha value is -1.26. The Morgan fingerprint density at radius 2 is 2.30 bits per heavy atom. The van der Waals surface area contributed by atoms with E-state index in [1.54, 1.807) is 6.92 Å². The van der Waals surface area contributed by atoms with Gasteiger partial charge in [0.1, 0.15) is 0 Å². The number of hydrogen-bond donors (Lipinski definition) is 2. The first-order valence-electron chi connectivity index (χ1n) is 7.10. The zero-order valence-electron chi connectivity index (χ0n) is 11.5. The fourth-order valence-electron chi connectivity index (χ4n) is 3.27. The first-order chi connectivity index (χ1) is 9.58. The number of hydrogen-bond acceptors (Lipinski definition) is 3. The first kappa shape index (κ1) is 13.7. The molecule has 2 aliphatic heterocycles. The number of aliphatic hydroxyl groups excluding tert-OH is 1. The van der Waals surface area contributed by atoms with Crippen molar-refractivity contribution in [2.45, 2.75) is 31.9 Å². The quantitative estimate of drug-likeness (QED) is 0.878. The molecule has 2 N–H and O–H groups in total. The Kier molecular flexibility index (Phi) is 3.61. The third kappa shape index (κ3) is 2.27. The van der Waals surface area contributed by atoms with Gasteiger partial charge in [0.15, 0.2) is 0 Å². The number of rotatable bonds is 2. The molecule has 20 heavy (non-hydrogen) atoms. The van der Waals surface area contributed by atoms with E-state index in [9.17, 15) is 9.90 Å². The lowest BCUT2D eigenvalue weighted by molar-refractivity contribution is -0.122. The Morgan fingerprint density at radius 3 is 3.00 bits per heavy atom. The van der Waals surface area contributed by atoms with Crippen LogP contribution in [0.1, 0.15) is 31.4 Å². The van der Waals surface area contributed by atoms with Crippen molar-refractivity contribution < 1.29 is 9.90 Å². The number of nitrogens with zero attached hydrogens (tertiary/aromatic N) is 1. The Balaban J connectivity index is 1.90. The summed E-state index contributed by atoms with van der Waals surface area (Å²) in [6, 6.07) is 5.87. The topological polar surface area (TPSA) is 52.6 Å². The van der Waals surface area contributed by atoms with Crippen molar-refractivity contribution in [3.05, 3.63) is 28.8 Å². The van der Waals surface area contributed by atoms with Crippen LogP contribution >= 0.6 is 11.6 Å². The zero-order valence-corrected chi connectivity index (χ0v) is 12.2. The predicted molar refractivity (Wildman–Crippen MR) is 79.0 cm³/mol. The summed E-state index contributed by atoms with van der Waals surface area (Å²) in [7, 11) is 0. The summed E-state index contributed by atoms with van der Waals surface area (Å²) in [5.74, 6) is 0.243. The molecule has 1 amide bonds. The molecule has 3 atom stereocenters. The number of aliphatic hydroxyl groups is 1. The molecule has 1 aromatic rings. The van der Waals surface area contributed by atoms with Gasteiger partial charge in [0.05, 0.1) is 28.8 Å². The van der Waals surface area contributed by atoms with Crippen LogP contribution in [-0.4, -0.2) is 30.1 Å². The van der Waals surface area contributed by atoms with Gasteiger partial charge in [0, 0.05) is 13.1 Å². The van der Waals surface area contributed by atoms with Crippen molar-refractivity contribution in [1.29, 1.82) is 0 Å². The highest BCUT2D eigenvalue weighted by Gasteiger charge is 2.41. The maximum absolute atomic E-state index is 11.8.